The van der Waals surface area contributed by atoms with Crippen LogP contribution >= 0.6 is 11.6 Å². The molecule has 3 heterocycles. The van der Waals surface area contributed by atoms with Gasteiger partial charge < -0.3 is 14.9 Å². The lowest BCUT2D eigenvalue weighted by Gasteiger charge is -2.21. The number of benzene rings is 2. The first-order chi connectivity index (χ1) is 19.9. The fourth-order valence-electron chi connectivity index (χ4n) is 4.79. The highest BCUT2D eigenvalue weighted by molar-refractivity contribution is 6.30. The van der Waals surface area contributed by atoms with E-state index in [-0.39, 0.29) is 30.1 Å². The number of rotatable bonds is 8. The van der Waals surface area contributed by atoms with Crippen LogP contribution in [0.5, 0.6) is 0 Å². The number of aliphatic hydroxyl groups is 1. The minimum absolute atomic E-state index is 0.0861. The van der Waals surface area contributed by atoms with Crippen LogP contribution in [-0.2, 0) is 13.1 Å². The molecule has 4 aromatic rings. The lowest BCUT2D eigenvalue weighted by atomic mass is 10.1. The quantitative estimate of drug-likeness (QED) is 0.329. The number of para-hydroxylation sites is 1. The topological polar surface area (TPSA) is 114 Å². The summed E-state index contributed by atoms with van der Waals surface area (Å²) in [5, 5.41) is 18.7. The van der Waals surface area contributed by atoms with Crippen LogP contribution in [0.15, 0.2) is 59.7 Å². The summed E-state index contributed by atoms with van der Waals surface area (Å²) in [5.41, 5.74) is 0.358. The lowest BCUT2D eigenvalue weighted by Crippen LogP contribution is -2.37. The summed E-state index contributed by atoms with van der Waals surface area (Å²) in [6, 6.07) is 13.3. The van der Waals surface area contributed by atoms with Gasteiger partial charge in [-0.05, 0) is 56.9 Å². The van der Waals surface area contributed by atoms with Gasteiger partial charge in [-0.2, -0.15) is 13.2 Å². The largest absolute Gasteiger partial charge is 0.416 e. The summed E-state index contributed by atoms with van der Waals surface area (Å²) in [6.07, 6.45) is -5.46. The molecule has 1 amide bonds. The number of aromatic nitrogens is 6. The Labute approximate surface area is 243 Å². The Bertz CT molecular complexity index is 1630. The average Bonchev–Trinajstić information content (AvgIpc) is 3.70. The summed E-state index contributed by atoms with van der Waals surface area (Å²) in [4.78, 5) is 34.7. The Balaban J connectivity index is 1.43. The Kier molecular flexibility index (Phi) is 8.21. The van der Waals surface area contributed by atoms with Gasteiger partial charge in [0, 0.05) is 29.7 Å². The molecular weight excluding hydrogens is 577 g/mol. The Morgan fingerprint density at radius 1 is 1.14 bits per heavy atom. The van der Waals surface area contributed by atoms with E-state index in [1.54, 1.807) is 29.2 Å². The number of nitrogens with zero attached hydrogens (tertiary/aromatic N) is 8. The van der Waals surface area contributed by atoms with Crippen molar-refractivity contribution in [1.29, 1.82) is 0 Å². The molecule has 1 aliphatic heterocycles. The highest BCUT2D eigenvalue weighted by Crippen LogP contribution is 2.25. The first-order valence-electron chi connectivity index (χ1n) is 13.1. The third-order valence-electron chi connectivity index (χ3n) is 7.15. The minimum atomic E-state index is -4.94. The third-order valence-corrected chi connectivity index (χ3v) is 7.40. The third kappa shape index (κ3) is 6.10. The van der Waals surface area contributed by atoms with E-state index in [4.69, 9.17) is 11.6 Å². The summed E-state index contributed by atoms with van der Waals surface area (Å²) < 4.78 is 42.5. The molecule has 42 heavy (non-hydrogen) atoms. The summed E-state index contributed by atoms with van der Waals surface area (Å²) in [5.74, 6) is -0.0911. The molecule has 0 spiro atoms. The molecule has 2 aromatic heterocycles. The van der Waals surface area contributed by atoms with E-state index in [1.165, 1.54) is 35.3 Å². The molecule has 222 valence electrons. The van der Waals surface area contributed by atoms with Crippen molar-refractivity contribution < 1.29 is 23.1 Å². The van der Waals surface area contributed by atoms with Crippen molar-refractivity contribution in [1.82, 2.24) is 38.9 Å². The van der Waals surface area contributed by atoms with E-state index < -0.39 is 24.5 Å². The molecule has 0 saturated carbocycles. The van der Waals surface area contributed by atoms with E-state index in [1.807, 2.05) is 14.1 Å². The maximum absolute atomic E-state index is 13.4. The smallest absolute Gasteiger partial charge is 0.382 e. The van der Waals surface area contributed by atoms with Gasteiger partial charge in [-0.1, -0.05) is 23.7 Å². The minimum Gasteiger partial charge on any atom is -0.382 e. The molecule has 0 bridgehead atoms. The fraction of sp³-hybridized carbons (Fsp3) is 0.370. The molecule has 15 heteroatoms. The summed E-state index contributed by atoms with van der Waals surface area (Å²) in [6.45, 7) is -0.0896. The van der Waals surface area contributed by atoms with Gasteiger partial charge in [0.25, 0.3) is 5.91 Å². The summed E-state index contributed by atoms with van der Waals surface area (Å²) in [7, 11) is 3.96. The van der Waals surface area contributed by atoms with E-state index >= 15 is 0 Å². The van der Waals surface area contributed by atoms with Crippen molar-refractivity contribution in [3.05, 3.63) is 81.8 Å². The van der Waals surface area contributed by atoms with Gasteiger partial charge in [-0.15, -0.1) is 10.2 Å². The number of hydrogen-bond donors (Lipinski definition) is 1. The van der Waals surface area contributed by atoms with Crippen LogP contribution in [0.1, 0.15) is 22.6 Å². The Morgan fingerprint density at radius 3 is 2.52 bits per heavy atom. The Morgan fingerprint density at radius 2 is 1.86 bits per heavy atom. The average molecular weight is 605 g/mol. The zero-order valence-electron chi connectivity index (χ0n) is 22.7. The summed E-state index contributed by atoms with van der Waals surface area (Å²) >= 11 is 5.94. The maximum atomic E-state index is 13.4. The predicted octanol–water partition coefficient (Wildman–Crippen LogP) is 2.69. The number of hydrogen-bond acceptors (Lipinski definition) is 7. The molecule has 11 nitrogen and oxygen atoms in total. The normalized spacial score (nSPS) is 16.4. The SMILES string of the molecule is CN(C)[C@H]1CCN(C(=O)c2ccccc2-n2cnc(Cn3nc(-c4ccc(Cl)cc4)n(C[C@H](O)C(F)(F)F)c3=O)n2)C1. The lowest BCUT2D eigenvalue weighted by molar-refractivity contribution is -0.207. The highest BCUT2D eigenvalue weighted by Gasteiger charge is 2.39. The molecule has 1 fully saturated rings. The Hall–Kier alpha value is -4.01. The van der Waals surface area contributed by atoms with Crippen LogP contribution in [0.4, 0.5) is 13.2 Å². The van der Waals surface area contributed by atoms with Gasteiger partial charge in [0.1, 0.15) is 12.9 Å². The molecule has 0 radical (unpaired) electrons. The van der Waals surface area contributed by atoms with E-state index in [0.29, 0.717) is 34.9 Å². The van der Waals surface area contributed by atoms with Crippen LogP contribution in [0, 0.1) is 0 Å². The number of likely N-dealkylation sites (N-methyl/N-ethyl adjacent to an activating group) is 1. The molecule has 1 aliphatic rings. The molecule has 2 aromatic carbocycles. The van der Waals surface area contributed by atoms with Crippen LogP contribution < -0.4 is 5.69 Å². The number of likely N-dealkylation sites (tertiary alicyclic amines) is 1. The van der Waals surface area contributed by atoms with Crippen molar-refractivity contribution in [2.45, 2.75) is 37.8 Å². The second kappa shape index (κ2) is 11.7. The van der Waals surface area contributed by atoms with Gasteiger partial charge in [0.2, 0.25) is 0 Å². The number of carbonyl (C=O) groups is 1. The van der Waals surface area contributed by atoms with Crippen LogP contribution in [-0.4, -0.2) is 95.4 Å². The van der Waals surface area contributed by atoms with Gasteiger partial charge in [-0.3, -0.25) is 9.36 Å². The molecule has 1 N–H and O–H groups in total. The van der Waals surface area contributed by atoms with Crippen molar-refractivity contribution in [2.75, 3.05) is 27.2 Å². The molecule has 1 saturated heterocycles. The first-order valence-corrected chi connectivity index (χ1v) is 13.4. The van der Waals surface area contributed by atoms with Crippen LogP contribution in [0.2, 0.25) is 5.02 Å². The fourth-order valence-corrected chi connectivity index (χ4v) is 4.92. The van der Waals surface area contributed by atoms with E-state index in [2.05, 4.69) is 20.1 Å². The molecule has 0 unspecified atom stereocenters. The van der Waals surface area contributed by atoms with Gasteiger partial charge >= 0.3 is 11.9 Å². The number of amides is 1. The zero-order chi connectivity index (χ0) is 30.2. The molecule has 5 rings (SSSR count). The van der Waals surface area contributed by atoms with Gasteiger partial charge in [0.05, 0.1) is 17.8 Å². The number of carbonyl (C=O) groups excluding carboxylic acids is 1. The predicted molar refractivity (Wildman–Crippen MR) is 147 cm³/mol. The highest BCUT2D eigenvalue weighted by atomic mass is 35.5. The molecule has 0 aliphatic carbocycles. The first kappa shape index (κ1) is 29.5. The number of alkyl halides is 3. The van der Waals surface area contributed by atoms with Crippen molar-refractivity contribution >= 4 is 17.5 Å². The number of halogens is 4. The van der Waals surface area contributed by atoms with E-state index in [0.717, 1.165) is 15.7 Å². The van der Waals surface area contributed by atoms with Gasteiger partial charge in [-0.25, -0.2) is 19.1 Å². The monoisotopic (exact) mass is 604 g/mol. The molecular formula is C27H28ClF3N8O3. The number of aliphatic hydroxyl groups excluding tert-OH is 1. The second-order valence-electron chi connectivity index (χ2n) is 10.2. The molecule has 2 atom stereocenters. The zero-order valence-corrected chi connectivity index (χ0v) is 23.5. The second-order valence-corrected chi connectivity index (χ2v) is 10.7. The van der Waals surface area contributed by atoms with Crippen molar-refractivity contribution in [2.24, 2.45) is 0 Å². The van der Waals surface area contributed by atoms with Crippen LogP contribution in [0.3, 0.4) is 0 Å². The van der Waals surface area contributed by atoms with Crippen LogP contribution in [0.25, 0.3) is 17.1 Å². The van der Waals surface area contributed by atoms with Crippen molar-refractivity contribution in [3.63, 3.8) is 0 Å². The van der Waals surface area contributed by atoms with Crippen molar-refractivity contribution in [3.8, 4) is 17.1 Å². The standard InChI is InChI=1S/C27H28ClF3N8O3/c1-35(2)19-11-12-36(13-19)25(41)20-5-3-4-6-21(20)39-16-32-23(33-39)15-38-26(42)37(14-22(40)27(29,30)31)24(34-38)17-7-9-18(28)10-8-17/h3-10,16,19,22,40H,11-15H2,1-2H3/t19-,22-/m0/s1. The van der Waals surface area contributed by atoms with Gasteiger partial charge in [0.15, 0.2) is 17.8 Å². The van der Waals surface area contributed by atoms with E-state index in [9.17, 15) is 27.9 Å². The maximum Gasteiger partial charge on any atom is 0.416 e.